The van der Waals surface area contributed by atoms with Crippen molar-refractivity contribution < 1.29 is 9.53 Å². The number of hydrogen-bond donors (Lipinski definition) is 0. The number of benzene rings is 3. The Labute approximate surface area is 161 Å². The average molecular weight is 358 g/mol. The largest absolute Gasteiger partial charge is 0.457 e. The summed E-state index contributed by atoms with van der Waals surface area (Å²) in [5.74, 6) is 1.69. The summed E-state index contributed by atoms with van der Waals surface area (Å²) in [6.07, 6.45) is 3.27. The molecule has 0 aliphatic heterocycles. The lowest BCUT2D eigenvalue weighted by Crippen LogP contribution is -2.33. The molecule has 0 saturated carbocycles. The van der Waals surface area contributed by atoms with E-state index in [9.17, 15) is 4.79 Å². The van der Waals surface area contributed by atoms with Gasteiger partial charge >= 0.3 is 0 Å². The van der Waals surface area contributed by atoms with Crippen LogP contribution in [-0.2, 0) is 10.8 Å². The molecule has 27 heavy (non-hydrogen) atoms. The van der Waals surface area contributed by atoms with Crippen LogP contribution in [0.15, 0.2) is 54.6 Å². The predicted molar refractivity (Wildman–Crippen MR) is 111 cm³/mol. The molecule has 3 aromatic carbocycles. The van der Waals surface area contributed by atoms with Crippen molar-refractivity contribution in [1.82, 2.24) is 0 Å². The number of fused-ring (bicyclic) bond motifs is 2. The van der Waals surface area contributed by atoms with Crippen LogP contribution in [-0.4, -0.2) is 6.29 Å². The summed E-state index contributed by atoms with van der Waals surface area (Å²) in [7, 11) is 0. The highest BCUT2D eigenvalue weighted by Gasteiger charge is 2.37. The van der Waals surface area contributed by atoms with E-state index >= 15 is 0 Å². The lowest BCUT2D eigenvalue weighted by atomic mass is 9.63. The Morgan fingerprint density at radius 3 is 2.07 bits per heavy atom. The fraction of sp³-hybridized carbons (Fsp3) is 0.320. The lowest BCUT2D eigenvalue weighted by Gasteiger charge is -2.41. The molecule has 0 bridgehead atoms. The Kier molecular flexibility index (Phi) is 4.10. The van der Waals surface area contributed by atoms with Gasteiger partial charge in [-0.2, -0.15) is 0 Å². The molecule has 3 aromatic rings. The highest BCUT2D eigenvalue weighted by atomic mass is 16.5. The molecule has 1 aliphatic carbocycles. The summed E-state index contributed by atoms with van der Waals surface area (Å²) in [4.78, 5) is 10.9. The molecular formula is C25H26O2. The summed E-state index contributed by atoms with van der Waals surface area (Å²) in [5.41, 5.74) is 3.90. The molecule has 0 saturated heterocycles. The van der Waals surface area contributed by atoms with Crippen LogP contribution < -0.4 is 4.74 Å². The van der Waals surface area contributed by atoms with Crippen molar-refractivity contribution >= 4 is 17.1 Å². The maximum absolute atomic E-state index is 10.9. The molecule has 2 heteroatoms. The van der Waals surface area contributed by atoms with Gasteiger partial charge in [-0.25, -0.2) is 0 Å². The Hall–Kier alpha value is -2.61. The van der Waals surface area contributed by atoms with Crippen molar-refractivity contribution in [3.8, 4) is 11.5 Å². The van der Waals surface area contributed by atoms with Crippen molar-refractivity contribution in [2.45, 2.75) is 51.4 Å². The van der Waals surface area contributed by atoms with Gasteiger partial charge in [-0.15, -0.1) is 0 Å². The van der Waals surface area contributed by atoms with Crippen LogP contribution in [0.5, 0.6) is 11.5 Å². The van der Waals surface area contributed by atoms with E-state index in [2.05, 4.69) is 45.9 Å². The van der Waals surface area contributed by atoms with E-state index in [-0.39, 0.29) is 10.8 Å². The summed E-state index contributed by atoms with van der Waals surface area (Å²) in [5, 5.41) is 2.11. The SMILES string of the molecule is CC1(C)CCC(C)(C)c2cc(Oc3ccc4cc(C=O)ccc4c3)ccc21. The van der Waals surface area contributed by atoms with Gasteiger partial charge in [0.1, 0.15) is 17.8 Å². The summed E-state index contributed by atoms with van der Waals surface area (Å²) in [6.45, 7) is 9.31. The second-order valence-electron chi connectivity index (χ2n) is 8.96. The maximum atomic E-state index is 10.9. The Morgan fingerprint density at radius 1 is 0.741 bits per heavy atom. The fourth-order valence-corrected chi connectivity index (χ4v) is 4.15. The minimum absolute atomic E-state index is 0.166. The van der Waals surface area contributed by atoms with Crippen molar-refractivity contribution in [2.24, 2.45) is 0 Å². The lowest BCUT2D eigenvalue weighted by molar-refractivity contribution is 0.112. The van der Waals surface area contributed by atoms with E-state index < -0.39 is 0 Å². The first kappa shape index (κ1) is 17.8. The van der Waals surface area contributed by atoms with Gasteiger partial charge < -0.3 is 4.74 Å². The third kappa shape index (κ3) is 3.25. The van der Waals surface area contributed by atoms with Crippen LogP contribution in [0.1, 0.15) is 62.0 Å². The van der Waals surface area contributed by atoms with E-state index in [1.807, 2.05) is 36.4 Å². The standard InChI is InChI=1S/C25H26O2/c1-24(2)11-12-25(3,4)23-15-21(9-10-22(23)24)27-20-8-7-18-13-17(16-26)5-6-19(18)14-20/h5-10,13-16H,11-12H2,1-4H3. The molecule has 0 unspecified atom stereocenters. The average Bonchev–Trinajstić information content (AvgIpc) is 2.65. The zero-order valence-electron chi connectivity index (χ0n) is 16.5. The second-order valence-corrected chi connectivity index (χ2v) is 8.96. The minimum Gasteiger partial charge on any atom is -0.457 e. The number of aldehydes is 1. The molecule has 0 fully saturated rings. The van der Waals surface area contributed by atoms with E-state index in [4.69, 9.17) is 4.74 Å². The van der Waals surface area contributed by atoms with Crippen molar-refractivity contribution in [2.75, 3.05) is 0 Å². The molecule has 0 N–H and O–H groups in total. The predicted octanol–water partition coefficient (Wildman–Crippen LogP) is 6.79. The zero-order chi connectivity index (χ0) is 19.2. The molecule has 0 spiro atoms. The molecule has 0 amide bonds. The maximum Gasteiger partial charge on any atom is 0.150 e. The van der Waals surface area contributed by atoms with E-state index in [0.717, 1.165) is 28.6 Å². The Balaban J connectivity index is 1.69. The molecular weight excluding hydrogens is 332 g/mol. The van der Waals surface area contributed by atoms with E-state index in [0.29, 0.717) is 5.56 Å². The monoisotopic (exact) mass is 358 g/mol. The zero-order valence-corrected chi connectivity index (χ0v) is 16.5. The van der Waals surface area contributed by atoms with E-state index in [1.54, 1.807) is 0 Å². The van der Waals surface area contributed by atoms with Gasteiger partial charge in [-0.3, -0.25) is 4.79 Å². The molecule has 138 valence electrons. The smallest absolute Gasteiger partial charge is 0.150 e. The Bertz CT molecular complexity index is 1030. The van der Waals surface area contributed by atoms with Crippen LogP contribution in [0.3, 0.4) is 0 Å². The molecule has 0 heterocycles. The first-order chi connectivity index (χ1) is 12.8. The molecule has 1 aliphatic rings. The molecule has 0 aromatic heterocycles. The van der Waals surface area contributed by atoms with Crippen LogP contribution in [0.2, 0.25) is 0 Å². The number of carbonyl (C=O) groups excluding carboxylic acids is 1. The van der Waals surface area contributed by atoms with Crippen LogP contribution >= 0.6 is 0 Å². The molecule has 0 radical (unpaired) electrons. The minimum atomic E-state index is 0.166. The van der Waals surface area contributed by atoms with Gasteiger partial charge in [-0.05, 0) is 75.9 Å². The second kappa shape index (κ2) is 6.23. The van der Waals surface area contributed by atoms with Gasteiger partial charge in [0.15, 0.2) is 0 Å². The third-order valence-electron chi connectivity index (χ3n) is 6.03. The van der Waals surface area contributed by atoms with Gasteiger partial charge in [-0.1, -0.05) is 52.0 Å². The van der Waals surface area contributed by atoms with Crippen LogP contribution in [0, 0.1) is 0 Å². The van der Waals surface area contributed by atoms with E-state index in [1.165, 1.54) is 24.0 Å². The fourth-order valence-electron chi connectivity index (χ4n) is 4.15. The van der Waals surface area contributed by atoms with Crippen LogP contribution in [0.4, 0.5) is 0 Å². The first-order valence-corrected chi connectivity index (χ1v) is 9.60. The topological polar surface area (TPSA) is 26.3 Å². The molecule has 0 atom stereocenters. The van der Waals surface area contributed by atoms with Crippen LogP contribution in [0.25, 0.3) is 10.8 Å². The van der Waals surface area contributed by atoms with Crippen molar-refractivity contribution in [1.29, 1.82) is 0 Å². The van der Waals surface area contributed by atoms with Crippen molar-refractivity contribution in [3.05, 3.63) is 71.3 Å². The summed E-state index contributed by atoms with van der Waals surface area (Å²) in [6, 6.07) is 18.2. The number of carbonyl (C=O) groups is 1. The molecule has 4 rings (SSSR count). The number of hydrogen-bond acceptors (Lipinski definition) is 2. The first-order valence-electron chi connectivity index (χ1n) is 9.60. The quantitative estimate of drug-likeness (QED) is 0.482. The van der Waals surface area contributed by atoms with Crippen molar-refractivity contribution in [3.63, 3.8) is 0 Å². The van der Waals surface area contributed by atoms with Gasteiger partial charge in [0.05, 0.1) is 0 Å². The van der Waals surface area contributed by atoms with Gasteiger partial charge in [0, 0.05) is 5.56 Å². The highest BCUT2D eigenvalue weighted by Crippen LogP contribution is 2.47. The summed E-state index contributed by atoms with van der Waals surface area (Å²) < 4.78 is 6.20. The summed E-state index contributed by atoms with van der Waals surface area (Å²) >= 11 is 0. The molecule has 2 nitrogen and oxygen atoms in total. The van der Waals surface area contributed by atoms with Gasteiger partial charge in [0.25, 0.3) is 0 Å². The Morgan fingerprint density at radius 2 is 1.33 bits per heavy atom. The third-order valence-corrected chi connectivity index (χ3v) is 6.03. The van der Waals surface area contributed by atoms with Gasteiger partial charge in [0.2, 0.25) is 0 Å². The highest BCUT2D eigenvalue weighted by molar-refractivity contribution is 5.89. The normalized spacial score (nSPS) is 17.3. The number of ether oxygens (including phenoxy) is 1. The number of rotatable bonds is 3.